The van der Waals surface area contributed by atoms with Gasteiger partial charge >= 0.3 is 0 Å². The molecule has 1 aromatic heterocycles. The van der Waals surface area contributed by atoms with Crippen LogP contribution < -0.4 is 0 Å². The Morgan fingerprint density at radius 3 is 2.58 bits per heavy atom. The Balaban J connectivity index is 1.82. The molecule has 19 heavy (non-hydrogen) atoms. The number of thiazole rings is 1. The number of likely N-dealkylation sites (tertiary alicyclic amines) is 1. The van der Waals surface area contributed by atoms with Crippen molar-refractivity contribution >= 4 is 17.2 Å². The number of amides is 1. The molecule has 1 saturated heterocycles. The first-order valence-electron chi connectivity index (χ1n) is 6.56. The Morgan fingerprint density at radius 1 is 1.21 bits per heavy atom. The Labute approximate surface area is 116 Å². The lowest BCUT2D eigenvalue weighted by molar-refractivity contribution is 0.0797. The molecule has 0 radical (unpaired) electrons. The fraction of sp³-hybridized carbons (Fsp3) is 0.333. The average Bonchev–Trinajstić information content (AvgIpc) is 3.10. The number of hydrogen-bond donors (Lipinski definition) is 0. The Hall–Kier alpha value is -1.68. The van der Waals surface area contributed by atoms with Crippen LogP contribution in [0.15, 0.2) is 30.5 Å². The van der Waals surface area contributed by atoms with Crippen molar-refractivity contribution in [3.63, 3.8) is 0 Å². The second-order valence-electron chi connectivity index (χ2n) is 4.89. The van der Waals surface area contributed by atoms with E-state index < -0.39 is 0 Å². The molecule has 2 heterocycles. The number of benzene rings is 1. The van der Waals surface area contributed by atoms with Crippen molar-refractivity contribution in [2.24, 2.45) is 0 Å². The van der Waals surface area contributed by atoms with E-state index in [0.29, 0.717) is 0 Å². The summed E-state index contributed by atoms with van der Waals surface area (Å²) < 4.78 is 0. The number of aryl methyl sites for hydroxylation is 1. The van der Waals surface area contributed by atoms with E-state index in [-0.39, 0.29) is 5.91 Å². The van der Waals surface area contributed by atoms with Crippen molar-refractivity contribution in [3.8, 4) is 10.6 Å². The molecule has 4 heteroatoms. The molecule has 0 aliphatic carbocycles. The highest BCUT2D eigenvalue weighted by atomic mass is 32.1. The van der Waals surface area contributed by atoms with E-state index in [0.717, 1.165) is 41.4 Å². The predicted octanol–water partition coefficient (Wildman–Crippen LogP) is 3.35. The molecule has 98 valence electrons. The maximum Gasteiger partial charge on any atom is 0.265 e. The number of rotatable bonds is 2. The van der Waals surface area contributed by atoms with E-state index in [9.17, 15) is 4.79 Å². The van der Waals surface area contributed by atoms with Crippen LogP contribution in [0.5, 0.6) is 0 Å². The highest BCUT2D eigenvalue weighted by Crippen LogP contribution is 2.26. The first-order valence-corrected chi connectivity index (χ1v) is 7.38. The van der Waals surface area contributed by atoms with Gasteiger partial charge in [-0.05, 0) is 19.8 Å². The van der Waals surface area contributed by atoms with E-state index >= 15 is 0 Å². The lowest BCUT2D eigenvalue weighted by Gasteiger charge is -2.12. The van der Waals surface area contributed by atoms with Crippen LogP contribution in [-0.2, 0) is 0 Å². The zero-order valence-corrected chi connectivity index (χ0v) is 11.7. The summed E-state index contributed by atoms with van der Waals surface area (Å²) in [4.78, 5) is 19.3. The minimum Gasteiger partial charge on any atom is -0.338 e. The minimum absolute atomic E-state index is 0.133. The molecular weight excluding hydrogens is 256 g/mol. The smallest absolute Gasteiger partial charge is 0.265 e. The molecule has 1 fully saturated rings. The molecular formula is C15H16N2OS. The van der Waals surface area contributed by atoms with Gasteiger partial charge in [0.2, 0.25) is 0 Å². The van der Waals surface area contributed by atoms with Crippen LogP contribution >= 0.6 is 11.3 Å². The molecule has 0 spiro atoms. The molecule has 0 bridgehead atoms. The van der Waals surface area contributed by atoms with Crippen molar-refractivity contribution in [1.29, 1.82) is 0 Å². The fourth-order valence-corrected chi connectivity index (χ4v) is 3.17. The largest absolute Gasteiger partial charge is 0.338 e. The van der Waals surface area contributed by atoms with E-state index in [1.54, 1.807) is 6.20 Å². The van der Waals surface area contributed by atoms with Crippen LogP contribution in [0.1, 0.15) is 28.1 Å². The lowest BCUT2D eigenvalue weighted by Crippen LogP contribution is -2.26. The van der Waals surface area contributed by atoms with Gasteiger partial charge in [-0.15, -0.1) is 11.3 Å². The Kier molecular flexibility index (Phi) is 3.34. The van der Waals surface area contributed by atoms with Crippen LogP contribution in [0.25, 0.3) is 10.6 Å². The van der Waals surface area contributed by atoms with Gasteiger partial charge in [-0.1, -0.05) is 29.8 Å². The SMILES string of the molecule is Cc1ccc(-c2ncc(C(=O)N3CCCC3)s2)cc1. The molecule has 0 N–H and O–H groups in total. The second kappa shape index (κ2) is 5.13. The lowest BCUT2D eigenvalue weighted by atomic mass is 10.2. The number of aromatic nitrogens is 1. The van der Waals surface area contributed by atoms with Crippen molar-refractivity contribution in [2.45, 2.75) is 19.8 Å². The number of nitrogens with zero attached hydrogens (tertiary/aromatic N) is 2. The number of carbonyl (C=O) groups is 1. The molecule has 0 atom stereocenters. The summed E-state index contributed by atoms with van der Waals surface area (Å²) in [6, 6.07) is 8.24. The molecule has 2 aromatic rings. The van der Waals surface area contributed by atoms with Crippen LogP contribution in [-0.4, -0.2) is 28.9 Å². The summed E-state index contributed by atoms with van der Waals surface area (Å²) in [5, 5.41) is 0.919. The topological polar surface area (TPSA) is 33.2 Å². The molecule has 1 aromatic carbocycles. The third-order valence-electron chi connectivity index (χ3n) is 3.41. The summed E-state index contributed by atoms with van der Waals surface area (Å²) in [6.45, 7) is 3.83. The van der Waals surface area contributed by atoms with Crippen LogP contribution in [0, 0.1) is 6.92 Å². The quantitative estimate of drug-likeness (QED) is 0.840. The van der Waals surface area contributed by atoms with Crippen molar-refractivity contribution < 1.29 is 4.79 Å². The average molecular weight is 272 g/mol. The summed E-state index contributed by atoms with van der Waals surface area (Å²) in [5.41, 5.74) is 2.31. The van der Waals surface area contributed by atoms with Gasteiger partial charge in [0.05, 0.1) is 6.20 Å². The maximum absolute atomic E-state index is 12.2. The molecule has 3 rings (SSSR count). The highest BCUT2D eigenvalue weighted by molar-refractivity contribution is 7.16. The van der Waals surface area contributed by atoms with Crippen molar-refractivity contribution in [3.05, 3.63) is 40.9 Å². The number of hydrogen-bond acceptors (Lipinski definition) is 3. The van der Waals surface area contributed by atoms with E-state index in [1.165, 1.54) is 16.9 Å². The van der Waals surface area contributed by atoms with Gasteiger partial charge in [-0.25, -0.2) is 4.98 Å². The monoisotopic (exact) mass is 272 g/mol. The second-order valence-corrected chi connectivity index (χ2v) is 5.93. The van der Waals surface area contributed by atoms with Crippen molar-refractivity contribution in [1.82, 2.24) is 9.88 Å². The fourth-order valence-electron chi connectivity index (χ4n) is 2.28. The third-order valence-corrected chi connectivity index (χ3v) is 4.44. The first kappa shape index (κ1) is 12.4. The molecule has 1 aliphatic heterocycles. The summed E-state index contributed by atoms with van der Waals surface area (Å²) in [5.74, 6) is 0.133. The number of carbonyl (C=O) groups excluding carboxylic acids is 1. The maximum atomic E-state index is 12.2. The van der Waals surface area contributed by atoms with Gasteiger partial charge in [0.1, 0.15) is 9.88 Å². The van der Waals surface area contributed by atoms with Gasteiger partial charge in [0, 0.05) is 18.7 Å². The van der Waals surface area contributed by atoms with Gasteiger partial charge in [-0.2, -0.15) is 0 Å². The predicted molar refractivity (Wildman–Crippen MR) is 77.4 cm³/mol. The van der Waals surface area contributed by atoms with Gasteiger partial charge in [0.15, 0.2) is 0 Å². The third kappa shape index (κ3) is 2.54. The van der Waals surface area contributed by atoms with Gasteiger partial charge < -0.3 is 4.90 Å². The zero-order valence-electron chi connectivity index (χ0n) is 10.9. The van der Waals surface area contributed by atoms with E-state index in [2.05, 4.69) is 36.2 Å². The summed E-state index contributed by atoms with van der Waals surface area (Å²) >= 11 is 1.48. The van der Waals surface area contributed by atoms with Crippen LogP contribution in [0.3, 0.4) is 0 Å². The van der Waals surface area contributed by atoms with Gasteiger partial charge in [0.25, 0.3) is 5.91 Å². The highest BCUT2D eigenvalue weighted by Gasteiger charge is 2.21. The normalized spacial score (nSPS) is 14.9. The van der Waals surface area contributed by atoms with Crippen LogP contribution in [0.2, 0.25) is 0 Å². The standard InChI is InChI=1S/C15H16N2OS/c1-11-4-6-12(7-5-11)14-16-10-13(19-14)15(18)17-8-2-3-9-17/h4-7,10H,2-3,8-9H2,1H3. The molecule has 0 saturated carbocycles. The minimum atomic E-state index is 0.133. The van der Waals surface area contributed by atoms with E-state index in [4.69, 9.17) is 0 Å². The van der Waals surface area contributed by atoms with E-state index in [1.807, 2.05) is 4.90 Å². The van der Waals surface area contributed by atoms with Crippen LogP contribution in [0.4, 0.5) is 0 Å². The summed E-state index contributed by atoms with van der Waals surface area (Å²) in [7, 11) is 0. The molecule has 1 amide bonds. The molecule has 0 unspecified atom stereocenters. The zero-order chi connectivity index (χ0) is 13.2. The molecule has 3 nitrogen and oxygen atoms in total. The van der Waals surface area contributed by atoms with Gasteiger partial charge in [-0.3, -0.25) is 4.79 Å². The molecule has 1 aliphatic rings. The Bertz CT molecular complexity index is 582. The van der Waals surface area contributed by atoms with Crippen molar-refractivity contribution in [2.75, 3.05) is 13.1 Å². The first-order chi connectivity index (χ1) is 9.24. The summed E-state index contributed by atoms with van der Waals surface area (Å²) in [6.07, 6.45) is 3.95. The Morgan fingerprint density at radius 2 is 1.89 bits per heavy atom.